The molecule has 7 heteroatoms. The Kier molecular flexibility index (Phi) is 4.25. The summed E-state index contributed by atoms with van der Waals surface area (Å²) in [6, 6.07) is 5.14. The number of aryl methyl sites for hydroxylation is 3. The fourth-order valence-electron chi connectivity index (χ4n) is 2.08. The van der Waals surface area contributed by atoms with Crippen LogP contribution in [0, 0.1) is 30.9 Å². The van der Waals surface area contributed by atoms with E-state index < -0.39 is 11.0 Å². The average Bonchev–Trinajstić information content (AvgIpc) is 2.84. The van der Waals surface area contributed by atoms with Crippen LogP contribution in [0.2, 0.25) is 0 Å². The highest BCUT2D eigenvalue weighted by atomic mass is 16.6. The summed E-state index contributed by atoms with van der Waals surface area (Å²) in [6.45, 7) is 7.04. The number of rotatable bonds is 4. The molecule has 7 nitrogen and oxygen atoms in total. The molecule has 0 aliphatic rings. The monoisotopic (exact) mass is 302 g/mol. The number of carbonyl (C=O) groups is 1. The normalized spacial score (nSPS) is 12.0. The Hall–Kier alpha value is -2.70. The quantitative estimate of drug-likeness (QED) is 0.694. The summed E-state index contributed by atoms with van der Waals surface area (Å²) >= 11 is 0. The van der Waals surface area contributed by atoms with Crippen molar-refractivity contribution in [2.75, 3.05) is 5.32 Å². The second-order valence-electron chi connectivity index (χ2n) is 5.32. The SMILES string of the molecule is Cc1ccc(C)c(NC(=O)C(C)n2cc([N+](=O)[O-])c(C)n2)c1. The van der Waals surface area contributed by atoms with Gasteiger partial charge in [0.25, 0.3) is 0 Å². The Balaban J connectivity index is 2.20. The third-order valence-electron chi connectivity index (χ3n) is 3.51. The molecule has 116 valence electrons. The van der Waals surface area contributed by atoms with E-state index in [2.05, 4.69) is 10.4 Å². The van der Waals surface area contributed by atoms with Gasteiger partial charge in [-0.25, -0.2) is 0 Å². The number of aromatic nitrogens is 2. The summed E-state index contributed by atoms with van der Waals surface area (Å²) < 4.78 is 1.31. The van der Waals surface area contributed by atoms with E-state index in [-0.39, 0.29) is 17.3 Å². The van der Waals surface area contributed by atoms with Gasteiger partial charge in [-0.1, -0.05) is 12.1 Å². The van der Waals surface area contributed by atoms with Crippen LogP contribution < -0.4 is 5.32 Å². The number of hydrogen-bond donors (Lipinski definition) is 1. The Morgan fingerprint density at radius 1 is 1.36 bits per heavy atom. The van der Waals surface area contributed by atoms with Gasteiger partial charge in [0, 0.05) is 5.69 Å². The lowest BCUT2D eigenvalue weighted by Gasteiger charge is -2.14. The van der Waals surface area contributed by atoms with Crippen LogP contribution in [0.1, 0.15) is 29.8 Å². The van der Waals surface area contributed by atoms with E-state index in [0.717, 1.165) is 16.8 Å². The molecular formula is C15H18N4O3. The summed E-state index contributed by atoms with van der Waals surface area (Å²) in [5.74, 6) is -0.272. The third kappa shape index (κ3) is 3.13. The lowest BCUT2D eigenvalue weighted by atomic mass is 10.1. The minimum absolute atomic E-state index is 0.0913. The van der Waals surface area contributed by atoms with Gasteiger partial charge in [-0.05, 0) is 44.9 Å². The predicted octanol–water partition coefficient (Wildman–Crippen LogP) is 2.92. The van der Waals surface area contributed by atoms with Crippen LogP contribution in [-0.2, 0) is 4.79 Å². The molecule has 0 radical (unpaired) electrons. The van der Waals surface area contributed by atoms with Crippen LogP contribution in [0.3, 0.4) is 0 Å². The molecule has 0 saturated heterocycles. The molecule has 1 aromatic carbocycles. The third-order valence-corrected chi connectivity index (χ3v) is 3.51. The Morgan fingerprint density at radius 2 is 2.05 bits per heavy atom. The Morgan fingerprint density at radius 3 is 2.64 bits per heavy atom. The number of nitrogens with zero attached hydrogens (tertiary/aromatic N) is 3. The number of nitrogens with one attached hydrogen (secondary N) is 1. The first-order valence-electron chi connectivity index (χ1n) is 6.88. The first-order valence-corrected chi connectivity index (χ1v) is 6.88. The van der Waals surface area contributed by atoms with Crippen LogP contribution >= 0.6 is 0 Å². The molecule has 0 spiro atoms. The van der Waals surface area contributed by atoms with E-state index in [1.165, 1.54) is 10.9 Å². The number of nitro groups is 1. The van der Waals surface area contributed by atoms with Crippen molar-refractivity contribution < 1.29 is 9.72 Å². The van der Waals surface area contributed by atoms with Gasteiger partial charge in [0.05, 0.1) is 4.92 Å². The number of amides is 1. The maximum Gasteiger partial charge on any atom is 0.309 e. The van der Waals surface area contributed by atoms with Crippen molar-refractivity contribution in [2.24, 2.45) is 0 Å². The zero-order chi connectivity index (χ0) is 16.4. The maximum atomic E-state index is 12.3. The number of anilines is 1. The van der Waals surface area contributed by atoms with Gasteiger partial charge in [0.15, 0.2) is 0 Å². The molecule has 1 unspecified atom stereocenters. The van der Waals surface area contributed by atoms with E-state index in [9.17, 15) is 14.9 Å². The molecule has 0 aliphatic carbocycles. The smallest absolute Gasteiger partial charge is 0.309 e. The van der Waals surface area contributed by atoms with Crippen molar-refractivity contribution >= 4 is 17.3 Å². The van der Waals surface area contributed by atoms with E-state index in [4.69, 9.17) is 0 Å². The molecule has 1 amide bonds. The second-order valence-corrected chi connectivity index (χ2v) is 5.32. The molecule has 0 aliphatic heterocycles. The van der Waals surface area contributed by atoms with Gasteiger partial charge in [-0.15, -0.1) is 0 Å². The van der Waals surface area contributed by atoms with Gasteiger partial charge < -0.3 is 5.32 Å². The molecule has 22 heavy (non-hydrogen) atoms. The van der Waals surface area contributed by atoms with E-state index >= 15 is 0 Å². The molecule has 1 heterocycles. The van der Waals surface area contributed by atoms with Crippen LogP contribution in [0.4, 0.5) is 11.4 Å². The van der Waals surface area contributed by atoms with Crippen LogP contribution in [0.15, 0.2) is 24.4 Å². The van der Waals surface area contributed by atoms with Crippen molar-refractivity contribution in [2.45, 2.75) is 33.7 Å². The summed E-state index contributed by atoms with van der Waals surface area (Å²) in [6.07, 6.45) is 1.28. The summed E-state index contributed by atoms with van der Waals surface area (Å²) in [4.78, 5) is 22.7. The second kappa shape index (κ2) is 5.97. The number of benzene rings is 1. The minimum Gasteiger partial charge on any atom is -0.324 e. The molecule has 2 aromatic rings. The minimum atomic E-state index is -0.646. The van der Waals surface area contributed by atoms with Crippen molar-refractivity contribution in [1.82, 2.24) is 9.78 Å². The van der Waals surface area contributed by atoms with E-state index in [1.54, 1.807) is 13.8 Å². The van der Waals surface area contributed by atoms with Crippen LogP contribution in [-0.4, -0.2) is 20.6 Å². The lowest BCUT2D eigenvalue weighted by Crippen LogP contribution is -2.24. The number of carbonyl (C=O) groups excluding carboxylic acids is 1. The van der Waals surface area contributed by atoms with Crippen molar-refractivity contribution in [3.63, 3.8) is 0 Å². The topological polar surface area (TPSA) is 90.1 Å². The van der Waals surface area contributed by atoms with Gasteiger partial charge in [-0.2, -0.15) is 5.10 Å². The first kappa shape index (κ1) is 15.7. The van der Waals surface area contributed by atoms with Crippen molar-refractivity contribution in [1.29, 1.82) is 0 Å². The average molecular weight is 302 g/mol. The summed E-state index contributed by atoms with van der Waals surface area (Å²) in [5, 5.41) is 17.7. The highest BCUT2D eigenvalue weighted by molar-refractivity contribution is 5.94. The fourth-order valence-corrected chi connectivity index (χ4v) is 2.08. The molecular weight excluding hydrogens is 284 g/mol. The lowest BCUT2D eigenvalue weighted by molar-refractivity contribution is -0.385. The molecule has 0 bridgehead atoms. The Bertz CT molecular complexity index is 736. The van der Waals surface area contributed by atoms with Crippen molar-refractivity contribution in [3.8, 4) is 0 Å². The highest BCUT2D eigenvalue weighted by Gasteiger charge is 2.22. The summed E-state index contributed by atoms with van der Waals surface area (Å²) in [5.41, 5.74) is 2.92. The van der Waals surface area contributed by atoms with Crippen molar-refractivity contribution in [3.05, 3.63) is 51.3 Å². The molecule has 0 fully saturated rings. The summed E-state index contributed by atoms with van der Waals surface area (Å²) in [7, 11) is 0. The van der Waals surface area contributed by atoms with Crippen LogP contribution in [0.25, 0.3) is 0 Å². The largest absolute Gasteiger partial charge is 0.324 e. The predicted molar refractivity (Wildman–Crippen MR) is 82.9 cm³/mol. The standard InChI is InChI=1S/C15H18N4O3/c1-9-5-6-10(2)13(7-9)16-15(20)12(4)18-8-14(19(21)22)11(3)17-18/h5-8,12H,1-4H3,(H,16,20). The molecule has 2 rings (SSSR count). The molecule has 1 atom stereocenters. The Labute approximate surface area is 128 Å². The van der Waals surface area contributed by atoms with Crippen LogP contribution in [0.5, 0.6) is 0 Å². The molecule has 1 aromatic heterocycles. The van der Waals surface area contributed by atoms with E-state index in [0.29, 0.717) is 0 Å². The van der Waals surface area contributed by atoms with Gasteiger partial charge >= 0.3 is 5.69 Å². The first-order chi connectivity index (χ1) is 10.3. The molecule has 1 N–H and O–H groups in total. The molecule has 0 saturated carbocycles. The number of hydrogen-bond acceptors (Lipinski definition) is 4. The zero-order valence-electron chi connectivity index (χ0n) is 13.0. The fraction of sp³-hybridized carbons (Fsp3) is 0.333. The van der Waals surface area contributed by atoms with Gasteiger partial charge in [0.1, 0.15) is 17.9 Å². The zero-order valence-corrected chi connectivity index (χ0v) is 13.0. The highest BCUT2D eigenvalue weighted by Crippen LogP contribution is 2.21. The van der Waals surface area contributed by atoms with E-state index in [1.807, 2.05) is 32.0 Å². The van der Waals surface area contributed by atoms with Gasteiger partial charge in [-0.3, -0.25) is 19.6 Å². The maximum absolute atomic E-state index is 12.3. The van der Waals surface area contributed by atoms with Gasteiger partial charge in [0.2, 0.25) is 5.91 Å².